The summed E-state index contributed by atoms with van der Waals surface area (Å²) in [6, 6.07) is 5.54. The fourth-order valence-electron chi connectivity index (χ4n) is 3.43. The van der Waals surface area contributed by atoms with Gasteiger partial charge in [-0.15, -0.1) is 0 Å². The van der Waals surface area contributed by atoms with E-state index in [-0.39, 0.29) is 11.9 Å². The molecule has 4 nitrogen and oxygen atoms in total. The predicted molar refractivity (Wildman–Crippen MR) is 79.2 cm³/mol. The summed E-state index contributed by atoms with van der Waals surface area (Å²) < 4.78 is 4.85. The summed E-state index contributed by atoms with van der Waals surface area (Å²) in [4.78, 5) is 26.3. The number of ether oxygens (including phenoxy) is 1. The molecular formula is C17H21NO3. The molecule has 21 heavy (non-hydrogen) atoms. The van der Waals surface area contributed by atoms with Crippen LogP contribution in [-0.4, -0.2) is 36.5 Å². The number of carbonyl (C=O) groups excluding carboxylic acids is 2. The van der Waals surface area contributed by atoms with Crippen molar-refractivity contribution < 1.29 is 14.3 Å². The molecule has 0 N–H and O–H groups in total. The fraction of sp³-hybridized carbons (Fsp3) is 0.529. The van der Waals surface area contributed by atoms with E-state index in [2.05, 4.69) is 6.07 Å². The number of carbonyl (C=O) groups is 2. The highest BCUT2D eigenvalue weighted by Crippen LogP contribution is 2.25. The van der Waals surface area contributed by atoms with Crippen molar-refractivity contribution in [2.45, 2.75) is 44.6 Å². The molecule has 4 heteroatoms. The second-order valence-corrected chi connectivity index (χ2v) is 5.87. The number of amides is 1. The van der Waals surface area contributed by atoms with E-state index in [1.54, 1.807) is 4.90 Å². The van der Waals surface area contributed by atoms with Crippen molar-refractivity contribution in [3.63, 3.8) is 0 Å². The Labute approximate surface area is 125 Å². The molecule has 1 heterocycles. The van der Waals surface area contributed by atoms with Crippen LogP contribution in [0.3, 0.4) is 0 Å². The lowest BCUT2D eigenvalue weighted by Crippen LogP contribution is -2.48. The number of hydrogen-bond acceptors (Lipinski definition) is 3. The van der Waals surface area contributed by atoms with Crippen LogP contribution >= 0.6 is 0 Å². The molecule has 1 saturated heterocycles. The number of fused-ring (bicyclic) bond motifs is 1. The molecule has 0 radical (unpaired) electrons. The molecule has 1 fully saturated rings. The summed E-state index contributed by atoms with van der Waals surface area (Å²) in [6.45, 7) is 0.635. The third kappa shape index (κ3) is 2.67. The minimum atomic E-state index is -0.426. The molecular weight excluding hydrogens is 266 g/mol. The second-order valence-electron chi connectivity index (χ2n) is 5.87. The molecule has 1 aliphatic carbocycles. The average Bonchev–Trinajstić information content (AvgIpc) is 3.01. The van der Waals surface area contributed by atoms with Crippen LogP contribution in [0.15, 0.2) is 18.2 Å². The zero-order valence-corrected chi connectivity index (χ0v) is 12.4. The van der Waals surface area contributed by atoms with Gasteiger partial charge in [0.05, 0.1) is 7.11 Å². The van der Waals surface area contributed by atoms with Crippen molar-refractivity contribution in [2.75, 3.05) is 13.7 Å². The smallest absolute Gasteiger partial charge is 0.328 e. The number of piperidine rings is 1. The number of rotatable bonds is 2. The highest BCUT2D eigenvalue weighted by molar-refractivity contribution is 5.97. The Balaban J connectivity index is 1.84. The SMILES string of the molecule is COC(=O)C1CCCCN1C(=O)c1ccc2c(c1)CCC2. The molecule has 3 rings (SSSR count). The minimum absolute atomic E-state index is 0.0419. The molecule has 1 aliphatic heterocycles. The molecule has 1 amide bonds. The first-order valence-corrected chi connectivity index (χ1v) is 7.71. The third-order valence-electron chi connectivity index (χ3n) is 4.58. The van der Waals surface area contributed by atoms with Crippen molar-refractivity contribution in [2.24, 2.45) is 0 Å². The largest absolute Gasteiger partial charge is 0.467 e. The van der Waals surface area contributed by atoms with Gasteiger partial charge in [-0.25, -0.2) is 4.79 Å². The first kappa shape index (κ1) is 14.1. The van der Waals surface area contributed by atoms with Crippen LogP contribution in [0.2, 0.25) is 0 Å². The summed E-state index contributed by atoms with van der Waals surface area (Å²) in [5.41, 5.74) is 3.34. The van der Waals surface area contributed by atoms with Gasteiger partial charge in [0, 0.05) is 12.1 Å². The highest BCUT2D eigenvalue weighted by Gasteiger charge is 2.33. The van der Waals surface area contributed by atoms with Crippen LogP contribution in [0.5, 0.6) is 0 Å². The lowest BCUT2D eigenvalue weighted by Gasteiger charge is -2.33. The van der Waals surface area contributed by atoms with E-state index in [4.69, 9.17) is 4.74 Å². The highest BCUT2D eigenvalue weighted by atomic mass is 16.5. The summed E-state index contributed by atoms with van der Waals surface area (Å²) in [5.74, 6) is -0.344. The van der Waals surface area contributed by atoms with Crippen molar-refractivity contribution in [3.8, 4) is 0 Å². The van der Waals surface area contributed by atoms with E-state index in [1.807, 2.05) is 12.1 Å². The van der Waals surface area contributed by atoms with Gasteiger partial charge < -0.3 is 9.64 Å². The maximum atomic E-state index is 12.7. The van der Waals surface area contributed by atoms with Gasteiger partial charge in [0.25, 0.3) is 5.91 Å². The van der Waals surface area contributed by atoms with E-state index >= 15 is 0 Å². The summed E-state index contributed by atoms with van der Waals surface area (Å²) >= 11 is 0. The lowest BCUT2D eigenvalue weighted by atomic mass is 9.99. The number of aryl methyl sites for hydroxylation is 2. The molecule has 0 spiro atoms. The first-order chi connectivity index (χ1) is 10.2. The maximum absolute atomic E-state index is 12.7. The summed E-state index contributed by atoms with van der Waals surface area (Å²) in [6.07, 6.45) is 5.94. The third-order valence-corrected chi connectivity index (χ3v) is 4.58. The van der Waals surface area contributed by atoms with Gasteiger partial charge in [0.15, 0.2) is 0 Å². The number of methoxy groups -OCH3 is 1. The Hall–Kier alpha value is -1.84. The second kappa shape index (κ2) is 5.88. The first-order valence-electron chi connectivity index (χ1n) is 7.71. The molecule has 1 aromatic rings. The molecule has 112 valence electrons. The van der Waals surface area contributed by atoms with Crippen molar-refractivity contribution in [3.05, 3.63) is 34.9 Å². The summed E-state index contributed by atoms with van der Waals surface area (Å²) in [5, 5.41) is 0. The Morgan fingerprint density at radius 1 is 1.14 bits per heavy atom. The van der Waals surface area contributed by atoms with Crippen molar-refractivity contribution in [1.82, 2.24) is 4.90 Å². The van der Waals surface area contributed by atoms with Gasteiger partial charge in [-0.05, 0) is 61.8 Å². The van der Waals surface area contributed by atoms with Gasteiger partial charge in [-0.2, -0.15) is 0 Å². The van der Waals surface area contributed by atoms with Crippen LogP contribution in [0.1, 0.15) is 47.2 Å². The monoisotopic (exact) mass is 287 g/mol. The van der Waals surface area contributed by atoms with Crippen LogP contribution in [0, 0.1) is 0 Å². The Morgan fingerprint density at radius 2 is 1.95 bits per heavy atom. The normalized spacial score (nSPS) is 21.0. The van der Waals surface area contributed by atoms with E-state index in [0.29, 0.717) is 18.5 Å². The van der Waals surface area contributed by atoms with Crippen LogP contribution in [-0.2, 0) is 22.4 Å². The van der Waals surface area contributed by atoms with E-state index in [9.17, 15) is 9.59 Å². The Bertz CT molecular complexity index is 567. The topological polar surface area (TPSA) is 46.6 Å². The zero-order chi connectivity index (χ0) is 14.8. The minimum Gasteiger partial charge on any atom is -0.467 e. The number of esters is 1. The molecule has 0 aromatic heterocycles. The number of benzene rings is 1. The van der Waals surface area contributed by atoms with Gasteiger partial charge in [-0.3, -0.25) is 4.79 Å². The summed E-state index contributed by atoms with van der Waals surface area (Å²) in [7, 11) is 1.38. The van der Waals surface area contributed by atoms with E-state index in [0.717, 1.165) is 25.7 Å². The average molecular weight is 287 g/mol. The van der Waals surface area contributed by atoms with Crippen molar-refractivity contribution in [1.29, 1.82) is 0 Å². The quantitative estimate of drug-likeness (QED) is 0.784. The standard InChI is InChI=1S/C17H21NO3/c1-21-17(20)15-7-2-3-10-18(15)16(19)14-9-8-12-5-4-6-13(12)11-14/h8-9,11,15H,2-7,10H2,1H3. The van der Waals surface area contributed by atoms with Crippen LogP contribution in [0.25, 0.3) is 0 Å². The Kier molecular flexibility index (Phi) is 3.95. The van der Waals surface area contributed by atoms with Gasteiger partial charge in [0.1, 0.15) is 6.04 Å². The van der Waals surface area contributed by atoms with Crippen LogP contribution < -0.4 is 0 Å². The van der Waals surface area contributed by atoms with Crippen molar-refractivity contribution >= 4 is 11.9 Å². The fourth-order valence-corrected chi connectivity index (χ4v) is 3.43. The molecule has 1 atom stereocenters. The van der Waals surface area contributed by atoms with Gasteiger partial charge in [-0.1, -0.05) is 6.07 Å². The maximum Gasteiger partial charge on any atom is 0.328 e. The van der Waals surface area contributed by atoms with Gasteiger partial charge in [0.2, 0.25) is 0 Å². The number of hydrogen-bond donors (Lipinski definition) is 0. The Morgan fingerprint density at radius 3 is 2.76 bits per heavy atom. The predicted octanol–water partition coefficient (Wildman–Crippen LogP) is 2.34. The van der Waals surface area contributed by atoms with E-state index < -0.39 is 6.04 Å². The molecule has 1 aromatic carbocycles. The zero-order valence-electron chi connectivity index (χ0n) is 12.4. The van der Waals surface area contributed by atoms with Gasteiger partial charge >= 0.3 is 5.97 Å². The number of likely N-dealkylation sites (tertiary alicyclic amines) is 1. The molecule has 2 aliphatic rings. The molecule has 0 bridgehead atoms. The number of nitrogens with zero attached hydrogens (tertiary/aromatic N) is 1. The molecule has 0 saturated carbocycles. The lowest BCUT2D eigenvalue weighted by molar-refractivity contribution is -0.147. The van der Waals surface area contributed by atoms with Crippen LogP contribution in [0.4, 0.5) is 0 Å². The van der Waals surface area contributed by atoms with E-state index in [1.165, 1.54) is 24.7 Å². The molecule has 1 unspecified atom stereocenters.